The van der Waals surface area contributed by atoms with Crippen LogP contribution < -0.4 is 4.74 Å². The van der Waals surface area contributed by atoms with Crippen molar-refractivity contribution in [2.75, 3.05) is 19.6 Å². The number of rotatable bonds is 7. The zero-order chi connectivity index (χ0) is 22.3. The lowest BCUT2D eigenvalue weighted by Gasteiger charge is -2.40. The number of fused-ring (bicyclic) bond motifs is 2. The molecule has 0 radical (unpaired) electrons. The summed E-state index contributed by atoms with van der Waals surface area (Å²) in [6.45, 7) is 10.8. The number of unbranched alkanes of at least 4 members (excludes halogenated alkanes) is 6. The molecule has 3 heterocycles. The van der Waals surface area contributed by atoms with Crippen molar-refractivity contribution in [2.45, 2.75) is 90.8 Å². The first-order chi connectivity index (χ1) is 14.9. The normalized spacial score (nSPS) is 20.6. The molecule has 1 atom stereocenters. The SMILES string of the molecule is CCCCCCCCC=C1Oc2ccncc2CN2CCN(C(=O)OC(C)(C)C)CC12. The number of allylic oxidation sites excluding steroid dienone is 1. The second kappa shape index (κ2) is 11.0. The third-order valence-corrected chi connectivity index (χ3v) is 5.83. The molecule has 1 saturated heterocycles. The predicted molar refractivity (Wildman–Crippen MR) is 123 cm³/mol. The van der Waals surface area contributed by atoms with Crippen LogP contribution in [0.25, 0.3) is 0 Å². The van der Waals surface area contributed by atoms with Crippen LogP contribution in [0.3, 0.4) is 0 Å². The average Bonchev–Trinajstić information content (AvgIpc) is 2.88. The van der Waals surface area contributed by atoms with E-state index in [2.05, 4.69) is 22.9 Å². The van der Waals surface area contributed by atoms with E-state index in [9.17, 15) is 4.79 Å². The Morgan fingerprint density at radius 1 is 1.23 bits per heavy atom. The molecule has 1 aromatic rings. The Morgan fingerprint density at radius 2 is 2.00 bits per heavy atom. The predicted octanol–water partition coefficient (Wildman–Crippen LogP) is 5.53. The van der Waals surface area contributed by atoms with E-state index in [0.29, 0.717) is 13.1 Å². The van der Waals surface area contributed by atoms with Crippen molar-refractivity contribution >= 4 is 6.09 Å². The lowest BCUT2D eigenvalue weighted by atomic mass is 10.1. The van der Waals surface area contributed by atoms with Gasteiger partial charge in [0.15, 0.2) is 0 Å². The van der Waals surface area contributed by atoms with Gasteiger partial charge in [0.25, 0.3) is 0 Å². The Balaban J connectivity index is 1.70. The van der Waals surface area contributed by atoms with Crippen molar-refractivity contribution < 1.29 is 14.3 Å². The summed E-state index contributed by atoms with van der Waals surface area (Å²) in [5, 5.41) is 0. The Hall–Kier alpha value is -2.08. The van der Waals surface area contributed by atoms with Crippen LogP contribution in [0, 0.1) is 0 Å². The van der Waals surface area contributed by atoms with E-state index in [0.717, 1.165) is 36.6 Å². The molecular weight excluding hydrogens is 390 g/mol. The number of hydrogen-bond acceptors (Lipinski definition) is 5. The summed E-state index contributed by atoms with van der Waals surface area (Å²) in [7, 11) is 0. The highest BCUT2D eigenvalue weighted by Crippen LogP contribution is 2.31. The molecule has 1 aromatic heterocycles. The maximum Gasteiger partial charge on any atom is 0.410 e. The lowest BCUT2D eigenvalue weighted by Crippen LogP contribution is -2.55. The van der Waals surface area contributed by atoms with Gasteiger partial charge in [0, 0.05) is 44.1 Å². The first kappa shape index (κ1) is 23.6. The van der Waals surface area contributed by atoms with Crippen LogP contribution in [0.15, 0.2) is 30.3 Å². The maximum absolute atomic E-state index is 12.7. The first-order valence-corrected chi connectivity index (χ1v) is 11.9. The Labute approximate surface area is 187 Å². The molecule has 31 heavy (non-hydrogen) atoms. The Kier molecular flexibility index (Phi) is 8.35. The lowest BCUT2D eigenvalue weighted by molar-refractivity contribution is 0.00444. The number of piperazine rings is 1. The molecule has 0 N–H and O–H groups in total. The highest BCUT2D eigenvalue weighted by molar-refractivity contribution is 5.68. The summed E-state index contributed by atoms with van der Waals surface area (Å²) in [5.74, 6) is 1.83. The molecule has 0 aliphatic carbocycles. The van der Waals surface area contributed by atoms with Gasteiger partial charge in [-0.2, -0.15) is 0 Å². The fourth-order valence-corrected chi connectivity index (χ4v) is 4.17. The van der Waals surface area contributed by atoms with Crippen LogP contribution in [0.2, 0.25) is 0 Å². The van der Waals surface area contributed by atoms with Crippen molar-refractivity contribution in [3.8, 4) is 5.75 Å². The van der Waals surface area contributed by atoms with E-state index in [4.69, 9.17) is 9.47 Å². The fraction of sp³-hybridized carbons (Fsp3) is 0.680. The molecule has 6 nitrogen and oxygen atoms in total. The molecule has 0 aromatic carbocycles. The molecule has 1 amide bonds. The van der Waals surface area contributed by atoms with E-state index in [1.165, 1.54) is 38.5 Å². The molecule has 0 spiro atoms. The van der Waals surface area contributed by atoms with E-state index < -0.39 is 5.60 Å². The number of carbonyl (C=O) groups excluding carboxylic acids is 1. The highest BCUT2D eigenvalue weighted by Gasteiger charge is 2.37. The minimum absolute atomic E-state index is 0.0359. The van der Waals surface area contributed by atoms with E-state index in [-0.39, 0.29) is 12.1 Å². The number of aromatic nitrogens is 1. The molecule has 1 unspecified atom stereocenters. The van der Waals surface area contributed by atoms with Gasteiger partial charge in [-0.25, -0.2) is 4.79 Å². The minimum Gasteiger partial charge on any atom is -0.460 e. The van der Waals surface area contributed by atoms with Crippen LogP contribution in [0.1, 0.15) is 78.2 Å². The zero-order valence-corrected chi connectivity index (χ0v) is 19.7. The summed E-state index contributed by atoms with van der Waals surface area (Å²) >= 11 is 0. The van der Waals surface area contributed by atoms with Crippen LogP contribution in [-0.2, 0) is 11.3 Å². The van der Waals surface area contributed by atoms with Crippen LogP contribution >= 0.6 is 0 Å². The summed E-state index contributed by atoms with van der Waals surface area (Å²) in [6.07, 6.45) is 14.3. The van der Waals surface area contributed by atoms with Gasteiger partial charge in [-0.1, -0.05) is 39.0 Å². The standard InChI is InChI=1S/C25H39N3O3/c1-5-6-7-8-9-10-11-12-23-21-19-28(24(29)31-25(2,3)4)16-15-27(21)18-20-17-26-14-13-22(20)30-23/h12-14,17,21H,5-11,15-16,18-19H2,1-4H3. The maximum atomic E-state index is 12.7. The van der Waals surface area contributed by atoms with E-state index in [1.807, 2.05) is 37.9 Å². The van der Waals surface area contributed by atoms with Crippen molar-refractivity contribution in [2.24, 2.45) is 0 Å². The van der Waals surface area contributed by atoms with Crippen molar-refractivity contribution in [1.82, 2.24) is 14.8 Å². The van der Waals surface area contributed by atoms with Crippen LogP contribution in [-0.4, -0.2) is 52.2 Å². The molecule has 172 valence electrons. The quantitative estimate of drug-likeness (QED) is 0.534. The van der Waals surface area contributed by atoms with Gasteiger partial charge < -0.3 is 14.4 Å². The second-order valence-electron chi connectivity index (χ2n) is 9.66. The topological polar surface area (TPSA) is 54.9 Å². The van der Waals surface area contributed by atoms with Gasteiger partial charge in [-0.15, -0.1) is 0 Å². The zero-order valence-electron chi connectivity index (χ0n) is 19.7. The van der Waals surface area contributed by atoms with Gasteiger partial charge in [-0.3, -0.25) is 9.88 Å². The molecule has 0 bridgehead atoms. The van der Waals surface area contributed by atoms with Gasteiger partial charge in [0.05, 0.1) is 6.04 Å². The number of hydrogen-bond donors (Lipinski definition) is 0. The summed E-state index contributed by atoms with van der Waals surface area (Å²) in [6, 6.07) is 1.98. The molecule has 2 aliphatic rings. The largest absolute Gasteiger partial charge is 0.460 e. The molecule has 3 rings (SSSR count). The third kappa shape index (κ3) is 6.96. The summed E-state index contributed by atoms with van der Waals surface area (Å²) in [5.41, 5.74) is 0.605. The number of nitrogens with zero attached hydrogens (tertiary/aromatic N) is 3. The van der Waals surface area contributed by atoms with Crippen molar-refractivity contribution in [3.05, 3.63) is 35.9 Å². The minimum atomic E-state index is -0.494. The van der Waals surface area contributed by atoms with Gasteiger partial charge in [0.2, 0.25) is 0 Å². The number of carbonyl (C=O) groups is 1. The van der Waals surface area contributed by atoms with E-state index >= 15 is 0 Å². The fourth-order valence-electron chi connectivity index (χ4n) is 4.17. The smallest absolute Gasteiger partial charge is 0.410 e. The van der Waals surface area contributed by atoms with Crippen LogP contribution in [0.4, 0.5) is 4.79 Å². The van der Waals surface area contributed by atoms with Crippen molar-refractivity contribution in [3.63, 3.8) is 0 Å². The number of pyridine rings is 1. The summed E-state index contributed by atoms with van der Waals surface area (Å²) in [4.78, 5) is 21.2. The first-order valence-electron chi connectivity index (χ1n) is 11.9. The number of amides is 1. The Morgan fingerprint density at radius 3 is 2.77 bits per heavy atom. The van der Waals surface area contributed by atoms with Gasteiger partial charge in [-0.05, 0) is 45.8 Å². The highest BCUT2D eigenvalue weighted by atomic mass is 16.6. The molecule has 2 aliphatic heterocycles. The molecule has 0 saturated carbocycles. The molecule has 6 heteroatoms. The number of ether oxygens (including phenoxy) is 2. The second-order valence-corrected chi connectivity index (χ2v) is 9.66. The monoisotopic (exact) mass is 429 g/mol. The third-order valence-electron chi connectivity index (χ3n) is 5.83. The average molecular weight is 430 g/mol. The van der Waals surface area contributed by atoms with E-state index in [1.54, 1.807) is 6.20 Å². The van der Waals surface area contributed by atoms with Gasteiger partial charge >= 0.3 is 6.09 Å². The molecule has 1 fully saturated rings. The van der Waals surface area contributed by atoms with Crippen molar-refractivity contribution in [1.29, 1.82) is 0 Å². The molecular formula is C25H39N3O3. The van der Waals surface area contributed by atoms with Crippen LogP contribution in [0.5, 0.6) is 5.75 Å². The van der Waals surface area contributed by atoms with Gasteiger partial charge in [0.1, 0.15) is 17.1 Å². The Bertz CT molecular complexity index is 757. The summed E-state index contributed by atoms with van der Waals surface area (Å²) < 4.78 is 12.0.